The van der Waals surface area contributed by atoms with Crippen molar-refractivity contribution >= 4 is 5.91 Å². The predicted molar refractivity (Wildman–Crippen MR) is 86.7 cm³/mol. The quantitative estimate of drug-likeness (QED) is 0.941. The zero-order valence-corrected chi connectivity index (χ0v) is 13.9. The van der Waals surface area contributed by atoms with Gasteiger partial charge in [0.2, 0.25) is 11.8 Å². The normalized spacial score (nSPS) is 29.2. The molecule has 3 fully saturated rings. The SMILES string of the molecule is Cc1[nH]ccc1C(=O)N1C[C@@H]2CCC[C@]2(c2nnc(C3CC3)o2)C1. The Hall–Kier alpha value is -2.11. The molecule has 6 nitrogen and oxygen atoms in total. The van der Waals surface area contributed by atoms with E-state index in [0.29, 0.717) is 18.4 Å². The standard InChI is InChI=1S/C18H22N4O2/c1-11-14(6-8-19-11)16(23)22-9-13-3-2-7-18(13,10-22)17-21-20-15(24-17)12-4-5-12/h6,8,12-13,19H,2-5,7,9-10H2,1H3/t13-,18-/m0/s1. The highest BCUT2D eigenvalue weighted by atomic mass is 16.4. The summed E-state index contributed by atoms with van der Waals surface area (Å²) in [6.07, 6.45) is 7.51. The van der Waals surface area contributed by atoms with E-state index >= 15 is 0 Å². The van der Waals surface area contributed by atoms with Crippen molar-refractivity contribution < 1.29 is 9.21 Å². The molecule has 0 unspecified atom stereocenters. The van der Waals surface area contributed by atoms with E-state index in [2.05, 4.69) is 15.2 Å². The average molecular weight is 326 g/mol. The maximum atomic E-state index is 12.9. The lowest BCUT2D eigenvalue weighted by molar-refractivity contribution is 0.0775. The number of hydrogen-bond acceptors (Lipinski definition) is 4. The van der Waals surface area contributed by atoms with Gasteiger partial charge in [0, 0.05) is 30.9 Å². The van der Waals surface area contributed by atoms with Gasteiger partial charge in [0.1, 0.15) is 0 Å². The maximum Gasteiger partial charge on any atom is 0.255 e. The highest BCUT2D eigenvalue weighted by molar-refractivity contribution is 5.95. The molecule has 1 N–H and O–H groups in total. The minimum atomic E-state index is -0.125. The predicted octanol–water partition coefficient (Wildman–Crippen LogP) is 2.78. The summed E-state index contributed by atoms with van der Waals surface area (Å²) in [5.41, 5.74) is 1.58. The van der Waals surface area contributed by atoms with Crippen LogP contribution >= 0.6 is 0 Å². The lowest BCUT2D eigenvalue weighted by Crippen LogP contribution is -2.35. The summed E-state index contributed by atoms with van der Waals surface area (Å²) in [6, 6.07) is 1.87. The van der Waals surface area contributed by atoms with E-state index in [0.717, 1.165) is 55.3 Å². The fourth-order valence-corrected chi connectivity index (χ4v) is 4.58. The summed E-state index contributed by atoms with van der Waals surface area (Å²) in [5, 5.41) is 8.69. The van der Waals surface area contributed by atoms with E-state index in [4.69, 9.17) is 4.42 Å². The van der Waals surface area contributed by atoms with Crippen LogP contribution in [0.3, 0.4) is 0 Å². The molecule has 2 aromatic heterocycles. The molecule has 0 bridgehead atoms. The topological polar surface area (TPSA) is 75.0 Å². The van der Waals surface area contributed by atoms with Crippen LogP contribution < -0.4 is 0 Å². The molecule has 2 aliphatic carbocycles. The van der Waals surface area contributed by atoms with Crippen molar-refractivity contribution in [1.82, 2.24) is 20.1 Å². The molecule has 3 heterocycles. The zero-order chi connectivity index (χ0) is 16.3. The van der Waals surface area contributed by atoms with Gasteiger partial charge in [0.25, 0.3) is 5.91 Å². The van der Waals surface area contributed by atoms with E-state index in [-0.39, 0.29) is 11.3 Å². The van der Waals surface area contributed by atoms with Gasteiger partial charge in [-0.15, -0.1) is 10.2 Å². The van der Waals surface area contributed by atoms with E-state index in [1.807, 2.05) is 24.1 Å². The second-order valence-electron chi connectivity index (χ2n) is 7.67. The molecule has 3 aliphatic rings. The zero-order valence-electron chi connectivity index (χ0n) is 13.9. The van der Waals surface area contributed by atoms with Gasteiger partial charge >= 0.3 is 0 Å². The molecule has 1 amide bonds. The number of carbonyl (C=O) groups excluding carboxylic acids is 1. The second kappa shape index (κ2) is 4.94. The van der Waals surface area contributed by atoms with Gasteiger partial charge in [-0.3, -0.25) is 4.79 Å². The molecule has 2 atom stereocenters. The summed E-state index contributed by atoms with van der Waals surface area (Å²) >= 11 is 0. The Morgan fingerprint density at radius 3 is 3.00 bits per heavy atom. The Labute approximate surface area is 140 Å². The number of rotatable bonds is 3. The Morgan fingerprint density at radius 2 is 2.25 bits per heavy atom. The molecule has 0 spiro atoms. The fourth-order valence-electron chi connectivity index (χ4n) is 4.58. The Balaban J connectivity index is 1.45. The Morgan fingerprint density at radius 1 is 1.38 bits per heavy atom. The first-order valence-electron chi connectivity index (χ1n) is 8.94. The number of nitrogens with zero attached hydrogens (tertiary/aromatic N) is 3. The molecule has 5 rings (SSSR count). The van der Waals surface area contributed by atoms with Crippen molar-refractivity contribution in [2.24, 2.45) is 5.92 Å². The van der Waals surface area contributed by atoms with Crippen LogP contribution in [0.25, 0.3) is 0 Å². The van der Waals surface area contributed by atoms with Crippen molar-refractivity contribution in [3.63, 3.8) is 0 Å². The molecule has 1 aliphatic heterocycles. The van der Waals surface area contributed by atoms with E-state index < -0.39 is 0 Å². The molecule has 6 heteroatoms. The maximum absolute atomic E-state index is 12.9. The first-order chi connectivity index (χ1) is 11.7. The summed E-state index contributed by atoms with van der Waals surface area (Å²) in [6.45, 7) is 3.44. The summed E-state index contributed by atoms with van der Waals surface area (Å²) in [5.74, 6) is 2.60. The number of aryl methyl sites for hydroxylation is 1. The van der Waals surface area contributed by atoms with Crippen molar-refractivity contribution in [1.29, 1.82) is 0 Å². The lowest BCUT2D eigenvalue weighted by Gasteiger charge is -2.24. The first kappa shape index (κ1) is 14.3. The molecular formula is C18H22N4O2. The molecule has 2 saturated carbocycles. The molecular weight excluding hydrogens is 304 g/mol. The van der Waals surface area contributed by atoms with Gasteiger partial charge < -0.3 is 14.3 Å². The van der Waals surface area contributed by atoms with E-state index in [1.165, 1.54) is 6.42 Å². The largest absolute Gasteiger partial charge is 0.424 e. The molecule has 0 radical (unpaired) electrons. The summed E-state index contributed by atoms with van der Waals surface area (Å²) in [7, 11) is 0. The number of amides is 1. The number of carbonyl (C=O) groups is 1. The van der Waals surface area contributed by atoms with Crippen LogP contribution in [0, 0.1) is 12.8 Å². The van der Waals surface area contributed by atoms with Crippen LogP contribution in [0.2, 0.25) is 0 Å². The van der Waals surface area contributed by atoms with Crippen molar-refractivity contribution in [3.05, 3.63) is 35.3 Å². The van der Waals surface area contributed by atoms with Crippen LogP contribution in [0.4, 0.5) is 0 Å². The van der Waals surface area contributed by atoms with Crippen LogP contribution in [-0.2, 0) is 5.41 Å². The number of H-pyrrole nitrogens is 1. The smallest absolute Gasteiger partial charge is 0.255 e. The van der Waals surface area contributed by atoms with Crippen molar-refractivity contribution in [2.75, 3.05) is 13.1 Å². The van der Waals surface area contributed by atoms with Gasteiger partial charge in [0.15, 0.2) is 0 Å². The molecule has 24 heavy (non-hydrogen) atoms. The fraction of sp³-hybridized carbons (Fsp3) is 0.611. The third-order valence-corrected chi connectivity index (χ3v) is 6.14. The van der Waals surface area contributed by atoms with Gasteiger partial charge in [0.05, 0.1) is 11.0 Å². The second-order valence-corrected chi connectivity index (χ2v) is 7.67. The van der Waals surface area contributed by atoms with Crippen LogP contribution in [0.15, 0.2) is 16.7 Å². The van der Waals surface area contributed by atoms with Crippen molar-refractivity contribution in [2.45, 2.75) is 50.4 Å². The highest BCUT2D eigenvalue weighted by Gasteiger charge is 2.55. The van der Waals surface area contributed by atoms with E-state index in [1.54, 1.807) is 0 Å². The molecule has 1 saturated heterocycles. The van der Waals surface area contributed by atoms with Crippen LogP contribution in [-0.4, -0.2) is 39.1 Å². The summed E-state index contributed by atoms with van der Waals surface area (Å²) < 4.78 is 6.07. The number of aromatic nitrogens is 3. The Kier molecular flexibility index (Phi) is 2.94. The minimum absolute atomic E-state index is 0.115. The minimum Gasteiger partial charge on any atom is -0.424 e. The Bertz CT molecular complexity index is 791. The molecule has 0 aromatic carbocycles. The number of fused-ring (bicyclic) bond motifs is 1. The van der Waals surface area contributed by atoms with Gasteiger partial charge in [-0.05, 0) is 44.6 Å². The highest BCUT2D eigenvalue weighted by Crippen LogP contribution is 2.51. The molecule has 126 valence electrons. The van der Waals surface area contributed by atoms with Crippen LogP contribution in [0.5, 0.6) is 0 Å². The van der Waals surface area contributed by atoms with Crippen LogP contribution in [0.1, 0.15) is 65.9 Å². The first-order valence-corrected chi connectivity index (χ1v) is 8.94. The monoisotopic (exact) mass is 326 g/mol. The van der Waals surface area contributed by atoms with Crippen molar-refractivity contribution in [3.8, 4) is 0 Å². The average Bonchev–Trinajstić information content (AvgIpc) is 2.97. The number of nitrogens with one attached hydrogen (secondary N) is 1. The number of aromatic amines is 1. The van der Waals surface area contributed by atoms with Gasteiger partial charge in [-0.1, -0.05) is 6.42 Å². The number of hydrogen-bond donors (Lipinski definition) is 1. The summed E-state index contributed by atoms with van der Waals surface area (Å²) in [4.78, 5) is 18.0. The molecule has 2 aromatic rings. The van der Waals surface area contributed by atoms with Gasteiger partial charge in [-0.2, -0.15) is 0 Å². The number of likely N-dealkylation sites (tertiary alicyclic amines) is 1. The van der Waals surface area contributed by atoms with Gasteiger partial charge in [-0.25, -0.2) is 0 Å². The third kappa shape index (κ3) is 1.98. The van der Waals surface area contributed by atoms with E-state index in [9.17, 15) is 4.79 Å². The third-order valence-electron chi connectivity index (χ3n) is 6.14. The lowest BCUT2D eigenvalue weighted by atomic mass is 9.80.